The van der Waals surface area contributed by atoms with Crippen LogP contribution < -0.4 is 0 Å². The topological polar surface area (TPSA) is 58.9 Å². The average molecular weight is 273 g/mol. The van der Waals surface area contributed by atoms with Crippen molar-refractivity contribution in [2.75, 3.05) is 7.11 Å². The molecule has 0 aromatic heterocycles. The van der Waals surface area contributed by atoms with Gasteiger partial charge in [-0.1, -0.05) is 30.3 Å². The summed E-state index contributed by atoms with van der Waals surface area (Å²) >= 11 is 0. The molecule has 0 amide bonds. The number of carbonyl (C=O) groups is 1. The number of hydrogen-bond donors (Lipinski definition) is 1. The van der Waals surface area contributed by atoms with Crippen molar-refractivity contribution in [2.24, 2.45) is 16.8 Å². The third-order valence-electron chi connectivity index (χ3n) is 4.52. The molecule has 5 atom stereocenters. The fraction of sp³-hybridized carbons (Fsp3) is 0.500. The van der Waals surface area contributed by atoms with E-state index in [0.29, 0.717) is 6.42 Å². The van der Waals surface area contributed by atoms with Crippen molar-refractivity contribution in [3.63, 3.8) is 0 Å². The highest BCUT2D eigenvalue weighted by Crippen LogP contribution is 2.43. The lowest BCUT2D eigenvalue weighted by Crippen LogP contribution is -2.34. The molecule has 4 unspecified atom stereocenters. The molecule has 20 heavy (non-hydrogen) atoms. The monoisotopic (exact) mass is 273 g/mol. The lowest BCUT2D eigenvalue weighted by molar-refractivity contribution is -0.147. The molecule has 1 aliphatic carbocycles. The minimum atomic E-state index is -0.404. The maximum atomic E-state index is 12.2. The largest absolute Gasteiger partial charge is 0.469 e. The van der Waals surface area contributed by atoms with Crippen LogP contribution in [0, 0.1) is 11.8 Å². The van der Waals surface area contributed by atoms with Crippen molar-refractivity contribution in [3.05, 3.63) is 35.9 Å². The van der Waals surface area contributed by atoms with Crippen LogP contribution in [0.4, 0.5) is 0 Å². The predicted molar refractivity (Wildman–Crippen MR) is 75.7 cm³/mol. The smallest absolute Gasteiger partial charge is 0.311 e. The van der Waals surface area contributed by atoms with Crippen LogP contribution in [0.3, 0.4) is 0 Å². The number of esters is 1. The number of aliphatic hydroxyl groups excluding tert-OH is 1. The first kappa shape index (κ1) is 13.3. The summed E-state index contributed by atoms with van der Waals surface area (Å²) < 4.78 is 4.99. The lowest BCUT2D eigenvalue weighted by atomic mass is 9.80. The second-order valence-electron chi connectivity index (χ2n) is 5.63. The van der Waals surface area contributed by atoms with Crippen LogP contribution in [0.15, 0.2) is 35.3 Å². The van der Waals surface area contributed by atoms with Crippen molar-refractivity contribution in [1.29, 1.82) is 0 Å². The Bertz CT molecular complexity index is 514. The number of benzene rings is 1. The Kier molecular flexibility index (Phi) is 3.57. The van der Waals surface area contributed by atoms with Gasteiger partial charge in [0.1, 0.15) is 0 Å². The van der Waals surface area contributed by atoms with Crippen LogP contribution in [-0.4, -0.2) is 36.5 Å². The quantitative estimate of drug-likeness (QED) is 0.836. The molecular weight excluding hydrogens is 254 g/mol. The molecule has 1 saturated carbocycles. The number of hydrogen-bond acceptors (Lipinski definition) is 4. The maximum absolute atomic E-state index is 12.2. The Morgan fingerprint density at radius 3 is 2.70 bits per heavy atom. The van der Waals surface area contributed by atoms with E-state index in [-0.39, 0.29) is 29.8 Å². The molecule has 2 aliphatic heterocycles. The molecule has 1 aromatic carbocycles. The molecule has 0 spiro atoms. The number of aliphatic hydroxyl groups is 1. The number of fused-ring (bicyclic) bond motifs is 3. The Balaban J connectivity index is 2.00. The summed E-state index contributed by atoms with van der Waals surface area (Å²) in [6.45, 7) is 0. The Morgan fingerprint density at radius 1 is 1.30 bits per heavy atom. The van der Waals surface area contributed by atoms with E-state index in [4.69, 9.17) is 4.74 Å². The van der Waals surface area contributed by atoms with E-state index < -0.39 is 6.10 Å². The Morgan fingerprint density at radius 2 is 2.05 bits per heavy atom. The van der Waals surface area contributed by atoms with Gasteiger partial charge in [0.25, 0.3) is 0 Å². The molecule has 1 aromatic rings. The van der Waals surface area contributed by atoms with Gasteiger partial charge in [-0.25, -0.2) is 0 Å². The Labute approximate surface area is 118 Å². The molecule has 4 rings (SSSR count). The number of rotatable bonds is 2. The summed E-state index contributed by atoms with van der Waals surface area (Å²) in [5, 5.41) is 10.2. The van der Waals surface area contributed by atoms with Gasteiger partial charge in [-0.15, -0.1) is 0 Å². The van der Waals surface area contributed by atoms with Gasteiger partial charge < -0.3 is 9.84 Å². The van der Waals surface area contributed by atoms with Gasteiger partial charge in [0.15, 0.2) is 0 Å². The van der Waals surface area contributed by atoms with Crippen LogP contribution in [0.1, 0.15) is 24.3 Å². The van der Waals surface area contributed by atoms with Gasteiger partial charge in [0, 0.05) is 12.1 Å². The second kappa shape index (κ2) is 5.37. The van der Waals surface area contributed by atoms with Crippen LogP contribution in [0.5, 0.6) is 0 Å². The summed E-state index contributed by atoms with van der Waals surface area (Å²) in [6.07, 6.45) is 2.71. The van der Waals surface area contributed by atoms with E-state index in [0.717, 1.165) is 12.0 Å². The Hall–Kier alpha value is -1.68. The zero-order valence-corrected chi connectivity index (χ0v) is 11.5. The number of methoxy groups -OCH3 is 1. The molecule has 2 bridgehead atoms. The van der Waals surface area contributed by atoms with Crippen molar-refractivity contribution in [1.82, 2.24) is 0 Å². The van der Waals surface area contributed by atoms with E-state index in [1.165, 1.54) is 7.11 Å². The zero-order valence-electron chi connectivity index (χ0n) is 11.5. The highest BCUT2D eigenvalue weighted by atomic mass is 16.5. The van der Waals surface area contributed by atoms with Gasteiger partial charge in [-0.2, -0.15) is 0 Å². The molecule has 2 heterocycles. The summed E-state index contributed by atoms with van der Waals surface area (Å²) in [6, 6.07) is 9.83. The van der Waals surface area contributed by atoms with Gasteiger partial charge in [-0.05, 0) is 24.3 Å². The van der Waals surface area contributed by atoms with Crippen LogP contribution in [0.25, 0.3) is 0 Å². The van der Waals surface area contributed by atoms with Crippen molar-refractivity contribution < 1.29 is 14.6 Å². The molecule has 0 saturated heterocycles. The molecule has 3 aliphatic rings. The van der Waals surface area contributed by atoms with Gasteiger partial charge in [0.2, 0.25) is 0 Å². The highest BCUT2D eigenvalue weighted by molar-refractivity contribution is 5.76. The highest BCUT2D eigenvalue weighted by Gasteiger charge is 2.45. The molecule has 0 radical (unpaired) electrons. The average Bonchev–Trinajstić information content (AvgIpc) is 2.75. The molecule has 1 fully saturated rings. The molecule has 106 valence electrons. The van der Waals surface area contributed by atoms with Crippen molar-refractivity contribution >= 4 is 12.2 Å². The van der Waals surface area contributed by atoms with Crippen LogP contribution >= 0.6 is 0 Å². The number of nitrogens with zero attached hydrogens (tertiary/aromatic N) is 1. The van der Waals surface area contributed by atoms with Gasteiger partial charge in [0.05, 0.1) is 25.2 Å². The van der Waals surface area contributed by atoms with E-state index in [1.807, 2.05) is 36.5 Å². The normalized spacial score (nSPS) is 35.6. The minimum absolute atomic E-state index is 0.0334. The van der Waals surface area contributed by atoms with E-state index in [2.05, 4.69) is 4.99 Å². The third kappa shape index (κ3) is 2.24. The molecule has 4 heteroatoms. The standard InChI is InChI=1S/C16H19NO3/c1-20-16(19)15-12(10-5-3-2-4-6-10)7-11-9-17-13(15)8-14(11)18/h2-6,9,11-15,18H,7-8H2,1H3/t11?,12?,13?,14-,15?/m0/s1. The summed E-state index contributed by atoms with van der Waals surface area (Å²) in [4.78, 5) is 16.7. The molecular formula is C16H19NO3. The fourth-order valence-electron chi connectivity index (χ4n) is 3.47. The predicted octanol–water partition coefficient (Wildman–Crippen LogP) is 1.78. The summed E-state index contributed by atoms with van der Waals surface area (Å²) in [7, 11) is 1.42. The number of ether oxygens (including phenoxy) is 1. The first-order valence-electron chi connectivity index (χ1n) is 7.05. The third-order valence-corrected chi connectivity index (χ3v) is 4.52. The zero-order chi connectivity index (χ0) is 14.1. The maximum Gasteiger partial charge on any atom is 0.311 e. The summed E-state index contributed by atoms with van der Waals surface area (Å²) in [5.41, 5.74) is 1.12. The van der Waals surface area contributed by atoms with Crippen LogP contribution in [0.2, 0.25) is 0 Å². The second-order valence-corrected chi connectivity index (χ2v) is 5.63. The van der Waals surface area contributed by atoms with Gasteiger partial charge in [-0.3, -0.25) is 9.79 Å². The first-order chi connectivity index (χ1) is 9.70. The molecule has 4 nitrogen and oxygen atoms in total. The SMILES string of the molecule is COC(=O)C1C2C[C@H](O)C(C=N2)CC1c1ccccc1. The number of aliphatic imine (C=N–C) groups is 1. The minimum Gasteiger partial charge on any atom is -0.469 e. The number of carbonyl (C=O) groups excluding carboxylic acids is 1. The van der Waals surface area contributed by atoms with Gasteiger partial charge >= 0.3 is 5.97 Å². The van der Waals surface area contributed by atoms with E-state index in [9.17, 15) is 9.90 Å². The van der Waals surface area contributed by atoms with E-state index >= 15 is 0 Å². The van der Waals surface area contributed by atoms with Crippen LogP contribution in [-0.2, 0) is 9.53 Å². The lowest BCUT2D eigenvalue weighted by Gasteiger charge is -2.27. The van der Waals surface area contributed by atoms with Crippen molar-refractivity contribution in [3.8, 4) is 0 Å². The summed E-state index contributed by atoms with van der Waals surface area (Å²) in [5.74, 6) is -0.444. The molecule has 1 N–H and O–H groups in total. The van der Waals surface area contributed by atoms with E-state index in [1.54, 1.807) is 0 Å². The fourth-order valence-corrected chi connectivity index (χ4v) is 3.47. The van der Waals surface area contributed by atoms with Crippen molar-refractivity contribution in [2.45, 2.75) is 30.9 Å². The first-order valence-corrected chi connectivity index (χ1v) is 7.05.